The van der Waals surface area contributed by atoms with E-state index in [1.165, 1.54) is 0 Å². The summed E-state index contributed by atoms with van der Waals surface area (Å²) in [5.74, 6) is 0. The van der Waals surface area contributed by atoms with E-state index in [1.54, 1.807) is 23.9 Å². The number of urea groups is 1. The van der Waals surface area contributed by atoms with Crippen LogP contribution in [-0.2, 0) is 10.8 Å². The number of para-hydroxylation sites is 1. The molecule has 0 aliphatic carbocycles. The van der Waals surface area contributed by atoms with E-state index >= 15 is 0 Å². The highest BCUT2D eigenvalue weighted by Gasteiger charge is 2.27. The first-order valence-electron chi connectivity index (χ1n) is 8.47. The van der Waals surface area contributed by atoms with E-state index < -0.39 is 15.5 Å². The lowest BCUT2D eigenvalue weighted by atomic mass is 10.2. The van der Waals surface area contributed by atoms with Crippen LogP contribution in [0.1, 0.15) is 20.8 Å². The zero-order valence-corrected chi connectivity index (χ0v) is 17.1. The normalized spacial score (nSPS) is 12.4. The number of rotatable bonds is 4. The number of hydrogen-bond acceptors (Lipinski definition) is 3. The molecule has 0 aliphatic heterocycles. The lowest BCUT2D eigenvalue weighted by Gasteiger charge is -2.28. The Balaban J connectivity index is 2.35. The van der Waals surface area contributed by atoms with Crippen LogP contribution < -0.4 is 15.1 Å². The smallest absolute Gasteiger partial charge is 0.328 e. The van der Waals surface area contributed by atoms with Crippen LogP contribution >= 0.6 is 0 Å². The van der Waals surface area contributed by atoms with Crippen molar-refractivity contribution in [2.24, 2.45) is 0 Å². The first-order valence-corrected chi connectivity index (χ1v) is 9.62. The van der Waals surface area contributed by atoms with Crippen LogP contribution in [-0.4, -0.2) is 36.1 Å². The Labute approximate surface area is 158 Å². The highest BCUT2D eigenvalue weighted by molar-refractivity contribution is 7.86. The van der Waals surface area contributed by atoms with Crippen molar-refractivity contribution in [3.8, 4) is 0 Å². The maximum absolute atomic E-state index is 13.0. The third-order valence-electron chi connectivity index (χ3n) is 4.08. The molecule has 6 heteroatoms. The number of hydrogen-bond donors (Lipinski definition) is 1. The van der Waals surface area contributed by atoms with Crippen molar-refractivity contribution < 1.29 is 9.00 Å². The van der Waals surface area contributed by atoms with E-state index in [-0.39, 0.29) is 6.03 Å². The molecule has 1 atom stereocenters. The fourth-order valence-corrected chi connectivity index (χ4v) is 3.79. The van der Waals surface area contributed by atoms with Crippen molar-refractivity contribution in [2.45, 2.75) is 30.4 Å². The molecule has 5 nitrogen and oxygen atoms in total. The van der Waals surface area contributed by atoms with E-state index in [9.17, 15) is 9.00 Å². The summed E-state index contributed by atoms with van der Waals surface area (Å²) in [4.78, 5) is 16.8. The van der Waals surface area contributed by atoms with Gasteiger partial charge in [-0.2, -0.15) is 0 Å². The number of nitrogens with zero attached hydrogens (tertiary/aromatic N) is 2. The quantitative estimate of drug-likeness (QED) is 0.868. The number of nitrogens with one attached hydrogen (secondary N) is 1. The van der Waals surface area contributed by atoms with Crippen LogP contribution in [0.15, 0.2) is 53.4 Å². The van der Waals surface area contributed by atoms with Crippen molar-refractivity contribution in [1.29, 1.82) is 0 Å². The van der Waals surface area contributed by atoms with Gasteiger partial charge in [0.05, 0.1) is 21.4 Å². The van der Waals surface area contributed by atoms with Gasteiger partial charge in [-0.05, 0) is 51.1 Å². The number of carbonyl (C=O) groups is 1. The molecule has 2 aromatic carbocycles. The molecule has 0 aliphatic rings. The van der Waals surface area contributed by atoms with E-state index in [0.29, 0.717) is 10.6 Å². The van der Waals surface area contributed by atoms with Crippen LogP contribution in [0.5, 0.6) is 0 Å². The zero-order chi connectivity index (χ0) is 19.5. The van der Waals surface area contributed by atoms with E-state index in [4.69, 9.17) is 0 Å². The van der Waals surface area contributed by atoms with E-state index in [2.05, 4.69) is 5.32 Å². The Morgan fingerprint density at radius 2 is 1.65 bits per heavy atom. The van der Waals surface area contributed by atoms with Gasteiger partial charge in [-0.1, -0.05) is 18.2 Å². The molecule has 0 spiro atoms. The molecule has 0 aromatic heterocycles. The number of benzene rings is 2. The van der Waals surface area contributed by atoms with Gasteiger partial charge in [-0.25, -0.2) is 4.79 Å². The summed E-state index contributed by atoms with van der Waals surface area (Å²) in [7, 11) is 4.04. The van der Waals surface area contributed by atoms with Gasteiger partial charge in [-0.3, -0.25) is 14.0 Å². The Morgan fingerprint density at radius 3 is 2.27 bits per heavy atom. The molecule has 2 amide bonds. The topological polar surface area (TPSA) is 52.7 Å². The molecular formula is C20H27N3O2S. The average Bonchev–Trinajstić information content (AvgIpc) is 2.64. The maximum atomic E-state index is 13.0. The Morgan fingerprint density at radius 1 is 1.00 bits per heavy atom. The number of anilines is 3. The Bertz CT molecular complexity index is 815. The van der Waals surface area contributed by atoms with Crippen LogP contribution in [0.4, 0.5) is 21.9 Å². The minimum Gasteiger partial charge on any atom is -0.388 e. The second-order valence-electron chi connectivity index (χ2n) is 7.05. The standard InChI is InChI=1S/C20H27N3O2S/c1-20(2,3)26(25)18-13-8-7-12-17(18)23(6)19(24)22(5)16-11-9-10-15(14-16)21-4/h7-14,21H,1-6H3. The molecule has 2 rings (SSSR count). The summed E-state index contributed by atoms with van der Waals surface area (Å²) in [5, 5.41) is 3.07. The summed E-state index contributed by atoms with van der Waals surface area (Å²) in [6.07, 6.45) is 0. The van der Waals surface area contributed by atoms with Crippen LogP contribution in [0.2, 0.25) is 0 Å². The summed E-state index contributed by atoms with van der Waals surface area (Å²) >= 11 is 0. The summed E-state index contributed by atoms with van der Waals surface area (Å²) in [6.45, 7) is 5.78. The molecule has 0 saturated heterocycles. The molecule has 0 saturated carbocycles. The van der Waals surface area contributed by atoms with Crippen molar-refractivity contribution in [3.63, 3.8) is 0 Å². The largest absolute Gasteiger partial charge is 0.388 e. The van der Waals surface area contributed by atoms with Gasteiger partial charge in [0.25, 0.3) is 0 Å². The highest BCUT2D eigenvalue weighted by Crippen LogP contribution is 2.30. The zero-order valence-electron chi connectivity index (χ0n) is 16.2. The first kappa shape index (κ1) is 20.0. The van der Waals surface area contributed by atoms with Gasteiger partial charge in [-0.15, -0.1) is 0 Å². The molecule has 0 bridgehead atoms. The minimum atomic E-state index is -1.23. The molecule has 2 aromatic rings. The van der Waals surface area contributed by atoms with Gasteiger partial charge in [0.1, 0.15) is 0 Å². The molecule has 1 N–H and O–H groups in total. The van der Waals surface area contributed by atoms with Crippen LogP contribution in [0.25, 0.3) is 0 Å². The lowest BCUT2D eigenvalue weighted by Crippen LogP contribution is -2.39. The molecule has 1 unspecified atom stereocenters. The summed E-state index contributed by atoms with van der Waals surface area (Å²) in [5.41, 5.74) is 2.37. The van der Waals surface area contributed by atoms with Gasteiger partial charge in [0.2, 0.25) is 0 Å². The Hall–Kier alpha value is -2.34. The first-order chi connectivity index (χ1) is 12.2. The molecule has 0 heterocycles. The monoisotopic (exact) mass is 373 g/mol. The van der Waals surface area contributed by atoms with Crippen molar-refractivity contribution in [2.75, 3.05) is 36.3 Å². The van der Waals surface area contributed by atoms with Gasteiger partial charge in [0.15, 0.2) is 0 Å². The third-order valence-corrected chi connectivity index (χ3v) is 5.94. The van der Waals surface area contributed by atoms with Gasteiger partial charge in [0, 0.05) is 37.3 Å². The average molecular weight is 374 g/mol. The minimum absolute atomic E-state index is 0.198. The molecular weight excluding hydrogens is 346 g/mol. The van der Waals surface area contributed by atoms with Crippen LogP contribution in [0.3, 0.4) is 0 Å². The van der Waals surface area contributed by atoms with Gasteiger partial charge >= 0.3 is 6.03 Å². The van der Waals surface area contributed by atoms with E-state index in [1.807, 2.05) is 76.3 Å². The SMILES string of the molecule is CNc1cccc(N(C)C(=O)N(C)c2ccccc2S(=O)C(C)(C)C)c1. The predicted octanol–water partition coefficient (Wildman–Crippen LogP) is 4.33. The second kappa shape index (κ2) is 7.91. The maximum Gasteiger partial charge on any atom is 0.328 e. The fourth-order valence-electron chi connectivity index (χ4n) is 2.53. The lowest BCUT2D eigenvalue weighted by molar-refractivity contribution is 0.253. The third kappa shape index (κ3) is 4.25. The highest BCUT2D eigenvalue weighted by atomic mass is 32.2. The fraction of sp³-hybridized carbons (Fsp3) is 0.350. The number of carbonyl (C=O) groups excluding carboxylic acids is 1. The molecule has 0 fully saturated rings. The summed E-state index contributed by atoms with van der Waals surface area (Å²) in [6, 6.07) is 14.8. The van der Waals surface area contributed by atoms with Crippen molar-refractivity contribution in [1.82, 2.24) is 0 Å². The molecule has 140 valence electrons. The predicted molar refractivity (Wildman–Crippen MR) is 111 cm³/mol. The number of amides is 2. The summed E-state index contributed by atoms with van der Waals surface area (Å²) < 4.78 is 12.5. The molecule has 26 heavy (non-hydrogen) atoms. The van der Waals surface area contributed by atoms with Gasteiger partial charge < -0.3 is 5.32 Å². The van der Waals surface area contributed by atoms with Crippen molar-refractivity contribution >= 4 is 33.9 Å². The second-order valence-corrected chi connectivity index (χ2v) is 9.25. The van der Waals surface area contributed by atoms with E-state index in [0.717, 1.165) is 11.4 Å². The Kier molecular flexibility index (Phi) is 6.08. The molecule has 0 radical (unpaired) electrons. The van der Waals surface area contributed by atoms with Crippen LogP contribution in [0, 0.1) is 0 Å². The van der Waals surface area contributed by atoms with Crippen molar-refractivity contribution in [3.05, 3.63) is 48.5 Å².